The molecule has 0 heterocycles. The summed E-state index contributed by atoms with van der Waals surface area (Å²) in [5, 5.41) is 11.8. The van der Waals surface area contributed by atoms with Gasteiger partial charge in [-0.15, -0.1) is 0 Å². The lowest BCUT2D eigenvalue weighted by Crippen LogP contribution is -2.01. The Morgan fingerprint density at radius 1 is 1.16 bits per heavy atom. The molecule has 0 aromatic heterocycles. The SMILES string of the molecule is CC(C)=CC[C@H](C#N)Cc1cccc2ccccc12. The first-order valence-electron chi connectivity index (χ1n) is 6.70. The number of hydrogen-bond donors (Lipinski definition) is 0. The van der Waals surface area contributed by atoms with Crippen LogP contribution in [0, 0.1) is 17.2 Å². The monoisotopic (exact) mass is 249 g/mol. The molecule has 0 radical (unpaired) electrons. The van der Waals surface area contributed by atoms with E-state index in [1.54, 1.807) is 0 Å². The molecule has 1 nitrogen and oxygen atoms in total. The summed E-state index contributed by atoms with van der Waals surface area (Å²) < 4.78 is 0. The van der Waals surface area contributed by atoms with E-state index in [1.165, 1.54) is 21.9 Å². The number of nitriles is 1. The van der Waals surface area contributed by atoms with E-state index in [0.717, 1.165) is 12.8 Å². The predicted octanol–water partition coefficient (Wildman–Crippen LogP) is 4.88. The van der Waals surface area contributed by atoms with Crippen molar-refractivity contribution in [3.8, 4) is 6.07 Å². The minimum absolute atomic E-state index is 0.0562. The lowest BCUT2D eigenvalue weighted by atomic mass is 9.93. The van der Waals surface area contributed by atoms with Gasteiger partial charge in [-0.1, -0.05) is 54.1 Å². The van der Waals surface area contributed by atoms with Crippen molar-refractivity contribution in [1.82, 2.24) is 0 Å². The molecule has 0 spiro atoms. The fourth-order valence-electron chi connectivity index (χ4n) is 2.30. The molecule has 0 fully saturated rings. The van der Waals surface area contributed by atoms with Gasteiger partial charge in [0.05, 0.1) is 12.0 Å². The van der Waals surface area contributed by atoms with Crippen LogP contribution in [0.15, 0.2) is 54.1 Å². The van der Waals surface area contributed by atoms with Gasteiger partial charge < -0.3 is 0 Å². The van der Waals surface area contributed by atoms with E-state index in [4.69, 9.17) is 0 Å². The van der Waals surface area contributed by atoms with Crippen molar-refractivity contribution in [2.75, 3.05) is 0 Å². The maximum absolute atomic E-state index is 9.29. The molecule has 19 heavy (non-hydrogen) atoms. The highest BCUT2D eigenvalue weighted by Crippen LogP contribution is 2.22. The van der Waals surface area contributed by atoms with Gasteiger partial charge in [0.1, 0.15) is 0 Å². The molecule has 0 aliphatic carbocycles. The summed E-state index contributed by atoms with van der Waals surface area (Å²) in [5.74, 6) is 0.0562. The third-order valence-corrected chi connectivity index (χ3v) is 3.34. The number of allylic oxidation sites excluding steroid dienone is 2. The number of fused-ring (bicyclic) bond motifs is 1. The van der Waals surface area contributed by atoms with Gasteiger partial charge in [-0.3, -0.25) is 0 Å². The van der Waals surface area contributed by atoms with Crippen molar-refractivity contribution < 1.29 is 0 Å². The minimum atomic E-state index is 0.0562. The van der Waals surface area contributed by atoms with Gasteiger partial charge in [-0.05, 0) is 43.0 Å². The zero-order valence-electron chi connectivity index (χ0n) is 11.6. The Bertz CT molecular complexity index is 622. The second-order valence-corrected chi connectivity index (χ2v) is 5.19. The van der Waals surface area contributed by atoms with E-state index >= 15 is 0 Å². The van der Waals surface area contributed by atoms with Crippen LogP contribution < -0.4 is 0 Å². The van der Waals surface area contributed by atoms with Crippen LogP contribution in [0.5, 0.6) is 0 Å². The standard InChI is InChI=1S/C18H19N/c1-14(2)10-11-15(13-19)12-17-8-5-7-16-6-3-4-9-18(16)17/h3-10,15H,11-12H2,1-2H3/t15-/m0/s1. The maximum atomic E-state index is 9.29. The second-order valence-electron chi connectivity index (χ2n) is 5.19. The molecule has 0 aliphatic heterocycles. The topological polar surface area (TPSA) is 23.8 Å². The summed E-state index contributed by atoms with van der Waals surface area (Å²) in [4.78, 5) is 0. The van der Waals surface area contributed by atoms with Crippen molar-refractivity contribution in [3.05, 3.63) is 59.7 Å². The van der Waals surface area contributed by atoms with Gasteiger partial charge in [0.15, 0.2) is 0 Å². The van der Waals surface area contributed by atoms with Crippen molar-refractivity contribution >= 4 is 10.8 Å². The van der Waals surface area contributed by atoms with Crippen molar-refractivity contribution in [2.45, 2.75) is 26.7 Å². The van der Waals surface area contributed by atoms with Crippen LogP contribution in [0.1, 0.15) is 25.8 Å². The van der Waals surface area contributed by atoms with E-state index in [0.29, 0.717) is 0 Å². The first-order valence-corrected chi connectivity index (χ1v) is 6.70. The van der Waals surface area contributed by atoms with Crippen LogP contribution in [0.2, 0.25) is 0 Å². The maximum Gasteiger partial charge on any atom is 0.0662 e. The van der Waals surface area contributed by atoms with E-state index in [1.807, 2.05) is 0 Å². The molecule has 0 bridgehead atoms. The first-order chi connectivity index (χ1) is 9.20. The van der Waals surface area contributed by atoms with Crippen LogP contribution in [0.3, 0.4) is 0 Å². The number of nitrogens with zero attached hydrogens (tertiary/aromatic N) is 1. The summed E-state index contributed by atoms with van der Waals surface area (Å²) in [6, 6.07) is 17.1. The van der Waals surface area contributed by atoms with Gasteiger partial charge >= 0.3 is 0 Å². The molecule has 0 amide bonds. The molecule has 0 unspecified atom stereocenters. The highest BCUT2D eigenvalue weighted by atomic mass is 14.3. The first kappa shape index (κ1) is 13.4. The van der Waals surface area contributed by atoms with Gasteiger partial charge in [0, 0.05) is 0 Å². The summed E-state index contributed by atoms with van der Waals surface area (Å²) in [7, 11) is 0. The Kier molecular flexibility index (Phi) is 4.36. The molecule has 2 aromatic rings. The molecule has 1 heteroatoms. The number of rotatable bonds is 4. The van der Waals surface area contributed by atoms with Crippen molar-refractivity contribution in [3.63, 3.8) is 0 Å². The summed E-state index contributed by atoms with van der Waals surface area (Å²) >= 11 is 0. The molecule has 0 saturated carbocycles. The fraction of sp³-hybridized carbons (Fsp3) is 0.278. The van der Waals surface area contributed by atoms with Crippen molar-refractivity contribution in [1.29, 1.82) is 5.26 Å². The molecule has 2 aromatic carbocycles. The van der Waals surface area contributed by atoms with E-state index in [9.17, 15) is 5.26 Å². The molecule has 0 aliphatic rings. The number of hydrogen-bond acceptors (Lipinski definition) is 1. The molecule has 2 rings (SSSR count). The number of benzene rings is 2. The Hall–Kier alpha value is -2.07. The summed E-state index contributed by atoms with van der Waals surface area (Å²) in [6.45, 7) is 4.15. The van der Waals surface area contributed by atoms with E-state index < -0.39 is 0 Å². The minimum Gasteiger partial charge on any atom is -0.198 e. The Balaban J connectivity index is 2.25. The van der Waals surface area contributed by atoms with Gasteiger partial charge in [-0.25, -0.2) is 0 Å². The summed E-state index contributed by atoms with van der Waals surface area (Å²) in [6.07, 6.45) is 3.81. The molecular formula is C18H19N. The van der Waals surface area contributed by atoms with Gasteiger partial charge in [-0.2, -0.15) is 5.26 Å². The van der Waals surface area contributed by atoms with Crippen LogP contribution >= 0.6 is 0 Å². The fourth-order valence-corrected chi connectivity index (χ4v) is 2.30. The Labute approximate surface area is 115 Å². The zero-order valence-corrected chi connectivity index (χ0v) is 11.6. The molecular weight excluding hydrogens is 230 g/mol. The molecule has 0 N–H and O–H groups in total. The third kappa shape index (κ3) is 3.45. The normalized spacial score (nSPS) is 11.8. The Morgan fingerprint density at radius 3 is 2.63 bits per heavy atom. The average molecular weight is 249 g/mol. The van der Waals surface area contributed by atoms with Gasteiger partial charge in [0.25, 0.3) is 0 Å². The van der Waals surface area contributed by atoms with E-state index in [-0.39, 0.29) is 5.92 Å². The lowest BCUT2D eigenvalue weighted by molar-refractivity contribution is 0.674. The highest BCUT2D eigenvalue weighted by molar-refractivity contribution is 5.85. The lowest BCUT2D eigenvalue weighted by Gasteiger charge is -2.10. The zero-order chi connectivity index (χ0) is 13.7. The molecule has 1 atom stereocenters. The van der Waals surface area contributed by atoms with Gasteiger partial charge in [0.2, 0.25) is 0 Å². The van der Waals surface area contributed by atoms with Crippen molar-refractivity contribution in [2.24, 2.45) is 5.92 Å². The van der Waals surface area contributed by atoms with E-state index in [2.05, 4.69) is 68.5 Å². The average Bonchev–Trinajstić information content (AvgIpc) is 2.43. The molecule has 96 valence electrons. The predicted molar refractivity (Wildman–Crippen MR) is 80.8 cm³/mol. The van der Waals surface area contributed by atoms with Crippen LogP contribution in [-0.2, 0) is 6.42 Å². The summed E-state index contributed by atoms with van der Waals surface area (Å²) in [5.41, 5.74) is 2.55. The van der Waals surface area contributed by atoms with Crippen LogP contribution in [-0.4, -0.2) is 0 Å². The smallest absolute Gasteiger partial charge is 0.0662 e. The highest BCUT2D eigenvalue weighted by Gasteiger charge is 2.09. The molecule has 0 saturated heterocycles. The largest absolute Gasteiger partial charge is 0.198 e. The third-order valence-electron chi connectivity index (χ3n) is 3.34. The quantitative estimate of drug-likeness (QED) is 0.708. The van der Waals surface area contributed by atoms with Crippen LogP contribution in [0.4, 0.5) is 0 Å². The Morgan fingerprint density at radius 2 is 1.89 bits per heavy atom. The van der Waals surface area contributed by atoms with Crippen LogP contribution in [0.25, 0.3) is 10.8 Å². The second kappa shape index (κ2) is 6.20.